The third-order valence-corrected chi connectivity index (χ3v) is 5.76. The fourth-order valence-electron chi connectivity index (χ4n) is 4.26. The van der Waals surface area contributed by atoms with Crippen molar-refractivity contribution in [2.24, 2.45) is 0 Å². The van der Waals surface area contributed by atoms with Crippen molar-refractivity contribution < 1.29 is 37.3 Å². The molecule has 3 fully saturated rings. The van der Waals surface area contributed by atoms with Crippen LogP contribution in [0, 0.1) is 0 Å². The largest absolute Gasteiger partial charge is 0.490 e. The molecule has 1 aromatic rings. The molecular weight excluding hydrogens is 433 g/mol. The summed E-state index contributed by atoms with van der Waals surface area (Å²) in [5.74, 6) is -2.76. The average Bonchev–Trinajstić information content (AvgIpc) is 3.52. The Morgan fingerprint density at radius 1 is 1.22 bits per heavy atom. The second kappa shape index (κ2) is 11.0. The highest BCUT2D eigenvalue weighted by atomic mass is 19.4. The zero-order valence-corrected chi connectivity index (χ0v) is 17.7. The summed E-state index contributed by atoms with van der Waals surface area (Å²) in [5, 5.41) is 11.3. The Labute approximate surface area is 184 Å². The molecule has 0 radical (unpaired) electrons. The lowest BCUT2D eigenvalue weighted by molar-refractivity contribution is -0.192. The van der Waals surface area contributed by atoms with Crippen LogP contribution in [0.5, 0.6) is 0 Å². The van der Waals surface area contributed by atoms with Crippen LogP contribution in [0.3, 0.4) is 0 Å². The van der Waals surface area contributed by atoms with Gasteiger partial charge in [-0.25, -0.2) is 9.59 Å². The quantitative estimate of drug-likeness (QED) is 0.675. The smallest absolute Gasteiger partial charge is 0.475 e. The first-order valence-electron chi connectivity index (χ1n) is 10.8. The number of hydrogen-bond donors (Lipinski definition) is 1. The summed E-state index contributed by atoms with van der Waals surface area (Å²) in [6, 6.07) is 2.29. The molecule has 3 aliphatic heterocycles. The Bertz CT molecular complexity index is 740. The maximum absolute atomic E-state index is 12.9. The monoisotopic (exact) mass is 462 g/mol. The minimum Gasteiger partial charge on any atom is -0.475 e. The van der Waals surface area contributed by atoms with Crippen molar-refractivity contribution in [3.05, 3.63) is 18.5 Å². The van der Waals surface area contributed by atoms with Crippen molar-refractivity contribution >= 4 is 12.0 Å². The molecule has 1 aromatic heterocycles. The van der Waals surface area contributed by atoms with Crippen molar-refractivity contribution in [3.63, 3.8) is 0 Å². The fraction of sp³-hybridized carbons (Fsp3) is 0.750. The average molecular weight is 462 g/mol. The molecule has 0 spiro atoms. The van der Waals surface area contributed by atoms with E-state index in [1.165, 1.54) is 0 Å². The summed E-state index contributed by atoms with van der Waals surface area (Å²) in [4.78, 5) is 25.8. The zero-order chi connectivity index (χ0) is 23.1. The first kappa shape index (κ1) is 24.3. The van der Waals surface area contributed by atoms with Crippen LogP contribution in [0.15, 0.2) is 18.5 Å². The summed E-state index contributed by atoms with van der Waals surface area (Å²) in [6.45, 7) is 4.74. The number of aliphatic carboxylic acids is 1. The van der Waals surface area contributed by atoms with E-state index in [1.807, 2.05) is 26.7 Å². The maximum Gasteiger partial charge on any atom is 0.490 e. The number of ether oxygens (including phenoxy) is 2. The molecule has 32 heavy (non-hydrogen) atoms. The summed E-state index contributed by atoms with van der Waals surface area (Å²) in [6.07, 6.45) is 3.91. The molecule has 3 saturated heterocycles. The SMILES string of the molecule is O=C(N1CCCC1)N1C[C@H](OCCCn2cccn2)[C@H]2OCCC[C@H]21.O=C(O)C(F)(F)F. The Morgan fingerprint density at radius 2 is 1.94 bits per heavy atom. The molecule has 12 heteroatoms. The summed E-state index contributed by atoms with van der Waals surface area (Å²) < 4.78 is 45.8. The van der Waals surface area contributed by atoms with E-state index < -0.39 is 12.1 Å². The van der Waals surface area contributed by atoms with Crippen LogP contribution >= 0.6 is 0 Å². The van der Waals surface area contributed by atoms with Crippen molar-refractivity contribution in [2.45, 2.75) is 63.1 Å². The fourth-order valence-corrected chi connectivity index (χ4v) is 4.26. The lowest BCUT2D eigenvalue weighted by Gasteiger charge is -2.34. The summed E-state index contributed by atoms with van der Waals surface area (Å²) >= 11 is 0. The number of hydrogen-bond acceptors (Lipinski definition) is 5. The van der Waals surface area contributed by atoms with Gasteiger partial charge in [0.05, 0.1) is 12.6 Å². The lowest BCUT2D eigenvalue weighted by Crippen LogP contribution is -2.48. The molecule has 2 amide bonds. The molecule has 9 nitrogen and oxygen atoms in total. The van der Waals surface area contributed by atoms with E-state index in [1.54, 1.807) is 6.20 Å². The molecule has 180 valence electrons. The van der Waals surface area contributed by atoms with Gasteiger partial charge in [0.2, 0.25) is 0 Å². The summed E-state index contributed by atoms with van der Waals surface area (Å²) in [7, 11) is 0. The second-order valence-corrected chi connectivity index (χ2v) is 8.01. The van der Waals surface area contributed by atoms with Crippen LogP contribution in [0.25, 0.3) is 0 Å². The number of aryl methyl sites for hydroxylation is 1. The highest BCUT2D eigenvalue weighted by Gasteiger charge is 2.47. The van der Waals surface area contributed by atoms with E-state index in [2.05, 4.69) is 5.10 Å². The molecule has 3 atom stereocenters. The third-order valence-electron chi connectivity index (χ3n) is 5.76. The zero-order valence-electron chi connectivity index (χ0n) is 17.7. The standard InChI is InChI=1S/C18H28N4O3.C2HF3O2/c23-18(20-8-1-2-9-20)22-14-16(17-15(22)6-3-12-25-17)24-13-5-11-21-10-4-7-19-21;3-2(4,5)1(6)7/h4,7,10,15-17H,1-3,5-6,8-9,11-14H2;(H,6,7)/t15-,16+,17+;/m1./s1. The minimum atomic E-state index is -5.08. The van der Waals surface area contributed by atoms with E-state index in [9.17, 15) is 18.0 Å². The van der Waals surface area contributed by atoms with Gasteiger partial charge in [0.25, 0.3) is 0 Å². The molecule has 0 aromatic carbocycles. The van der Waals surface area contributed by atoms with Crippen molar-refractivity contribution in [1.82, 2.24) is 19.6 Å². The number of fused-ring (bicyclic) bond motifs is 1. The van der Waals surface area contributed by atoms with E-state index >= 15 is 0 Å². The number of carbonyl (C=O) groups is 2. The van der Waals surface area contributed by atoms with Gasteiger partial charge in [0.15, 0.2) is 0 Å². The number of rotatable bonds is 5. The number of halogens is 3. The number of carboxylic acid groups (broad SMARTS) is 1. The number of likely N-dealkylation sites (tertiary alicyclic amines) is 2. The van der Waals surface area contributed by atoms with Gasteiger partial charge in [-0.15, -0.1) is 0 Å². The van der Waals surface area contributed by atoms with Crippen molar-refractivity contribution in [2.75, 3.05) is 32.8 Å². The van der Waals surface area contributed by atoms with Crippen LogP contribution in [-0.4, -0.2) is 94.0 Å². The maximum atomic E-state index is 12.9. The minimum absolute atomic E-state index is 0.00512. The van der Waals surface area contributed by atoms with Gasteiger partial charge < -0.3 is 24.4 Å². The number of amides is 2. The van der Waals surface area contributed by atoms with Gasteiger partial charge in [0.1, 0.15) is 12.2 Å². The van der Waals surface area contributed by atoms with Gasteiger partial charge in [-0.05, 0) is 38.2 Å². The van der Waals surface area contributed by atoms with E-state index in [-0.39, 0.29) is 24.3 Å². The van der Waals surface area contributed by atoms with Crippen molar-refractivity contribution in [1.29, 1.82) is 0 Å². The number of carbonyl (C=O) groups excluding carboxylic acids is 1. The van der Waals surface area contributed by atoms with Crippen LogP contribution < -0.4 is 0 Å². The van der Waals surface area contributed by atoms with Crippen LogP contribution in [-0.2, 0) is 20.8 Å². The molecule has 0 bridgehead atoms. The third kappa shape index (κ3) is 6.35. The van der Waals surface area contributed by atoms with E-state index in [4.69, 9.17) is 19.4 Å². The van der Waals surface area contributed by atoms with Gasteiger partial charge >= 0.3 is 18.2 Å². The van der Waals surface area contributed by atoms with E-state index in [0.717, 1.165) is 58.3 Å². The first-order valence-corrected chi connectivity index (χ1v) is 10.8. The molecule has 0 unspecified atom stereocenters. The molecule has 4 heterocycles. The molecule has 3 aliphatic rings. The highest BCUT2D eigenvalue weighted by molar-refractivity contribution is 5.75. The van der Waals surface area contributed by atoms with Gasteiger partial charge in [-0.3, -0.25) is 4.68 Å². The Hall–Kier alpha value is -2.34. The molecule has 0 aliphatic carbocycles. The number of nitrogens with zero attached hydrogens (tertiary/aromatic N) is 4. The normalized spacial score (nSPS) is 25.3. The number of alkyl halides is 3. The highest BCUT2D eigenvalue weighted by Crippen LogP contribution is 2.32. The lowest BCUT2D eigenvalue weighted by atomic mass is 10.0. The Morgan fingerprint density at radius 3 is 2.56 bits per heavy atom. The number of carboxylic acids is 1. The second-order valence-electron chi connectivity index (χ2n) is 8.01. The summed E-state index contributed by atoms with van der Waals surface area (Å²) in [5.41, 5.74) is 0. The van der Waals surface area contributed by atoms with Crippen LogP contribution in [0.2, 0.25) is 0 Å². The molecular formula is C20H29F3N4O5. The van der Waals surface area contributed by atoms with Gasteiger partial charge in [-0.2, -0.15) is 18.3 Å². The van der Waals surface area contributed by atoms with E-state index in [0.29, 0.717) is 13.2 Å². The van der Waals surface area contributed by atoms with Crippen LogP contribution in [0.1, 0.15) is 32.1 Å². The molecule has 1 N–H and O–H groups in total. The molecule has 4 rings (SSSR count). The predicted molar refractivity (Wildman–Crippen MR) is 106 cm³/mol. The Balaban J connectivity index is 0.000000360. The topological polar surface area (TPSA) is 97.1 Å². The van der Waals surface area contributed by atoms with Gasteiger partial charge in [-0.1, -0.05) is 0 Å². The molecule has 0 saturated carbocycles. The number of urea groups is 1. The van der Waals surface area contributed by atoms with Crippen molar-refractivity contribution in [3.8, 4) is 0 Å². The predicted octanol–water partition coefficient (Wildman–Crippen LogP) is 2.37. The van der Waals surface area contributed by atoms with Gasteiger partial charge in [0, 0.05) is 45.2 Å². The Kier molecular flexibility index (Phi) is 8.35. The first-order chi connectivity index (χ1) is 15.3. The number of aromatic nitrogens is 2. The van der Waals surface area contributed by atoms with Crippen LogP contribution in [0.4, 0.5) is 18.0 Å².